The van der Waals surface area contributed by atoms with E-state index in [2.05, 4.69) is 17.1 Å². The summed E-state index contributed by atoms with van der Waals surface area (Å²) in [6.07, 6.45) is 2.35. The fourth-order valence-electron chi connectivity index (χ4n) is 1.77. The summed E-state index contributed by atoms with van der Waals surface area (Å²) in [6.45, 7) is 5.72. The number of piperidine rings is 1. The molecule has 0 spiro atoms. The van der Waals surface area contributed by atoms with Crippen molar-refractivity contribution in [2.45, 2.75) is 25.8 Å². The molecule has 1 rings (SSSR count). The number of hydrogen-bond acceptors (Lipinski definition) is 2. The van der Waals surface area contributed by atoms with Gasteiger partial charge in [0, 0.05) is 12.6 Å². The molecule has 1 heterocycles. The van der Waals surface area contributed by atoms with Crippen molar-refractivity contribution in [2.75, 3.05) is 32.9 Å². The van der Waals surface area contributed by atoms with Gasteiger partial charge < -0.3 is 10.2 Å². The number of nitrogens with zero attached hydrogens (tertiary/aromatic N) is 1. The maximum absolute atomic E-state index is 12.0. The van der Waals surface area contributed by atoms with Gasteiger partial charge in [-0.1, -0.05) is 6.92 Å². The van der Waals surface area contributed by atoms with Crippen molar-refractivity contribution < 1.29 is 4.39 Å². The van der Waals surface area contributed by atoms with Gasteiger partial charge in [-0.25, -0.2) is 4.39 Å². The highest BCUT2D eigenvalue weighted by Crippen LogP contribution is 2.09. The highest BCUT2D eigenvalue weighted by atomic mass is 19.1. The van der Waals surface area contributed by atoms with Crippen molar-refractivity contribution in [2.24, 2.45) is 0 Å². The first-order chi connectivity index (χ1) is 5.86. The summed E-state index contributed by atoms with van der Waals surface area (Å²) in [5.74, 6) is 0. The van der Waals surface area contributed by atoms with Gasteiger partial charge in [0.2, 0.25) is 0 Å². The monoisotopic (exact) mass is 174 g/mol. The van der Waals surface area contributed by atoms with E-state index in [4.69, 9.17) is 0 Å². The second-order valence-electron chi connectivity index (χ2n) is 3.36. The highest BCUT2D eigenvalue weighted by Gasteiger charge is 2.17. The van der Waals surface area contributed by atoms with Gasteiger partial charge in [-0.2, -0.15) is 0 Å². The molecule has 0 aliphatic carbocycles. The van der Waals surface area contributed by atoms with Crippen molar-refractivity contribution >= 4 is 0 Å². The topological polar surface area (TPSA) is 15.3 Å². The maximum atomic E-state index is 12.0. The lowest BCUT2D eigenvalue weighted by Crippen LogP contribution is -2.43. The molecule has 2 nitrogen and oxygen atoms in total. The molecule has 0 aromatic heterocycles. The molecular weight excluding hydrogens is 155 g/mol. The molecule has 3 heteroatoms. The molecular formula is C9H19FN2. The average molecular weight is 174 g/mol. The number of rotatable bonds is 4. The Morgan fingerprint density at radius 2 is 2.08 bits per heavy atom. The van der Waals surface area contributed by atoms with E-state index >= 15 is 0 Å². The van der Waals surface area contributed by atoms with E-state index in [0.717, 1.165) is 19.6 Å². The smallest absolute Gasteiger partial charge is 0.102 e. The molecule has 1 N–H and O–H groups in total. The lowest BCUT2D eigenvalue weighted by atomic mass is 10.1. The van der Waals surface area contributed by atoms with E-state index in [9.17, 15) is 4.39 Å². The van der Waals surface area contributed by atoms with E-state index in [1.807, 2.05) is 0 Å². The van der Waals surface area contributed by atoms with E-state index in [0.29, 0.717) is 12.6 Å². The van der Waals surface area contributed by atoms with Gasteiger partial charge in [0.25, 0.3) is 0 Å². The summed E-state index contributed by atoms with van der Waals surface area (Å²) in [4.78, 5) is 2.20. The van der Waals surface area contributed by atoms with Gasteiger partial charge >= 0.3 is 0 Å². The molecule has 1 fully saturated rings. The number of alkyl halides is 1. The first-order valence-corrected chi connectivity index (χ1v) is 4.88. The maximum Gasteiger partial charge on any atom is 0.102 e. The van der Waals surface area contributed by atoms with Crippen LogP contribution in [-0.4, -0.2) is 43.8 Å². The Bertz CT molecular complexity index is 97.1. The highest BCUT2D eigenvalue weighted by molar-refractivity contribution is 4.76. The predicted molar refractivity (Wildman–Crippen MR) is 49.1 cm³/mol. The second kappa shape index (κ2) is 5.49. The Labute approximate surface area is 74.1 Å². The van der Waals surface area contributed by atoms with Crippen molar-refractivity contribution in [3.8, 4) is 0 Å². The molecule has 0 saturated carbocycles. The second-order valence-corrected chi connectivity index (χ2v) is 3.36. The summed E-state index contributed by atoms with van der Waals surface area (Å²) >= 11 is 0. The summed E-state index contributed by atoms with van der Waals surface area (Å²) in [7, 11) is 0. The van der Waals surface area contributed by atoms with Crippen LogP contribution in [0.3, 0.4) is 0 Å². The summed E-state index contributed by atoms with van der Waals surface area (Å²) < 4.78 is 12.0. The fourth-order valence-corrected chi connectivity index (χ4v) is 1.77. The Kier molecular flexibility index (Phi) is 4.54. The van der Waals surface area contributed by atoms with Crippen LogP contribution < -0.4 is 5.32 Å². The normalized spacial score (nSPS) is 21.5. The van der Waals surface area contributed by atoms with Gasteiger partial charge in [0.05, 0.1) is 0 Å². The van der Waals surface area contributed by atoms with E-state index < -0.39 is 0 Å². The van der Waals surface area contributed by atoms with Crippen molar-refractivity contribution in [3.05, 3.63) is 0 Å². The Morgan fingerprint density at radius 3 is 2.58 bits per heavy atom. The van der Waals surface area contributed by atoms with Gasteiger partial charge in [-0.05, 0) is 32.5 Å². The Morgan fingerprint density at radius 1 is 1.42 bits per heavy atom. The minimum absolute atomic E-state index is 0.203. The van der Waals surface area contributed by atoms with Crippen molar-refractivity contribution in [3.63, 3.8) is 0 Å². The average Bonchev–Trinajstić information content (AvgIpc) is 2.09. The van der Waals surface area contributed by atoms with Crippen LogP contribution in [-0.2, 0) is 0 Å². The molecule has 12 heavy (non-hydrogen) atoms. The minimum Gasteiger partial charge on any atom is -0.314 e. The zero-order valence-electron chi connectivity index (χ0n) is 7.85. The van der Waals surface area contributed by atoms with Gasteiger partial charge in [0.1, 0.15) is 6.67 Å². The molecule has 1 saturated heterocycles. The zero-order chi connectivity index (χ0) is 8.81. The minimum atomic E-state index is -0.203. The summed E-state index contributed by atoms with van der Waals surface area (Å²) in [5.41, 5.74) is 0. The van der Waals surface area contributed by atoms with Crippen LogP contribution in [0.5, 0.6) is 0 Å². The van der Waals surface area contributed by atoms with Gasteiger partial charge in [-0.15, -0.1) is 0 Å². The largest absolute Gasteiger partial charge is 0.314 e. The SMILES string of the molecule is CCNC1CCN(CCF)CC1. The quantitative estimate of drug-likeness (QED) is 0.685. The third kappa shape index (κ3) is 3.07. The number of halogens is 1. The van der Waals surface area contributed by atoms with E-state index in [-0.39, 0.29) is 6.67 Å². The molecule has 1 aliphatic rings. The van der Waals surface area contributed by atoms with Crippen LogP contribution in [0.15, 0.2) is 0 Å². The molecule has 72 valence electrons. The van der Waals surface area contributed by atoms with Crippen LogP contribution in [0.4, 0.5) is 4.39 Å². The molecule has 0 atom stereocenters. The van der Waals surface area contributed by atoms with E-state index in [1.165, 1.54) is 12.8 Å². The fraction of sp³-hybridized carbons (Fsp3) is 1.00. The molecule has 1 aliphatic heterocycles. The van der Waals surface area contributed by atoms with Gasteiger partial charge in [0.15, 0.2) is 0 Å². The number of nitrogens with one attached hydrogen (secondary N) is 1. The van der Waals surface area contributed by atoms with E-state index in [1.54, 1.807) is 0 Å². The predicted octanol–water partition coefficient (Wildman–Crippen LogP) is 1.03. The van der Waals surface area contributed by atoms with Crippen LogP contribution in [0.2, 0.25) is 0 Å². The first kappa shape index (κ1) is 9.93. The van der Waals surface area contributed by atoms with Crippen LogP contribution in [0.25, 0.3) is 0 Å². The summed E-state index contributed by atoms with van der Waals surface area (Å²) in [5, 5.41) is 3.43. The Hall–Kier alpha value is -0.150. The van der Waals surface area contributed by atoms with Crippen LogP contribution in [0, 0.1) is 0 Å². The molecule has 0 amide bonds. The first-order valence-electron chi connectivity index (χ1n) is 4.88. The molecule has 0 aromatic carbocycles. The number of likely N-dealkylation sites (tertiary alicyclic amines) is 1. The Balaban J connectivity index is 2.11. The van der Waals surface area contributed by atoms with Gasteiger partial charge in [-0.3, -0.25) is 0 Å². The van der Waals surface area contributed by atoms with Crippen LogP contribution >= 0.6 is 0 Å². The van der Waals surface area contributed by atoms with Crippen molar-refractivity contribution in [1.82, 2.24) is 10.2 Å². The third-order valence-corrected chi connectivity index (χ3v) is 2.48. The zero-order valence-corrected chi connectivity index (χ0v) is 7.85. The molecule has 0 aromatic rings. The number of hydrogen-bond donors (Lipinski definition) is 1. The lowest BCUT2D eigenvalue weighted by Gasteiger charge is -2.31. The standard InChI is InChI=1S/C9H19FN2/c1-2-11-9-3-6-12(7-4-9)8-5-10/h9,11H,2-8H2,1H3. The third-order valence-electron chi connectivity index (χ3n) is 2.48. The molecule has 0 bridgehead atoms. The van der Waals surface area contributed by atoms with Crippen molar-refractivity contribution in [1.29, 1.82) is 0 Å². The summed E-state index contributed by atoms with van der Waals surface area (Å²) in [6, 6.07) is 0.672. The lowest BCUT2D eigenvalue weighted by molar-refractivity contribution is 0.186. The molecule has 0 radical (unpaired) electrons. The molecule has 0 unspecified atom stereocenters. The van der Waals surface area contributed by atoms with Crippen LogP contribution in [0.1, 0.15) is 19.8 Å².